The van der Waals surface area contributed by atoms with Gasteiger partial charge in [-0.25, -0.2) is 0 Å². The van der Waals surface area contributed by atoms with Crippen LogP contribution in [0.25, 0.3) is 0 Å². The Bertz CT molecular complexity index is 261. The lowest BCUT2D eigenvalue weighted by Crippen LogP contribution is -2.55. The lowest BCUT2D eigenvalue weighted by atomic mass is 9.96. The highest BCUT2D eigenvalue weighted by Crippen LogP contribution is 2.35. The molecule has 5 heteroatoms. The van der Waals surface area contributed by atoms with E-state index >= 15 is 0 Å². The molecule has 0 aromatic carbocycles. The van der Waals surface area contributed by atoms with E-state index in [0.29, 0.717) is 11.9 Å². The Morgan fingerprint density at radius 1 is 1.59 bits per heavy atom. The number of carbonyl (C=O) groups excluding carboxylic acids is 1. The summed E-state index contributed by atoms with van der Waals surface area (Å²) in [6.45, 7) is 6.23. The second-order valence-corrected chi connectivity index (χ2v) is 6.29. The zero-order chi connectivity index (χ0) is 12.9. The van der Waals surface area contributed by atoms with Crippen LogP contribution in [0, 0.1) is 0 Å². The van der Waals surface area contributed by atoms with Crippen molar-refractivity contribution in [1.29, 1.82) is 0 Å². The summed E-state index contributed by atoms with van der Waals surface area (Å²) >= 11 is 1.84. The summed E-state index contributed by atoms with van der Waals surface area (Å²) in [5, 5.41) is 3.92. The number of nitrogens with zero attached hydrogens (tertiary/aromatic N) is 1. The van der Waals surface area contributed by atoms with Crippen molar-refractivity contribution in [3.8, 4) is 0 Å². The van der Waals surface area contributed by atoms with Crippen LogP contribution in [0.5, 0.6) is 0 Å². The fourth-order valence-corrected chi connectivity index (χ4v) is 3.33. The van der Waals surface area contributed by atoms with Gasteiger partial charge >= 0.3 is 5.97 Å². The van der Waals surface area contributed by atoms with Crippen LogP contribution in [-0.4, -0.2) is 61.2 Å². The van der Waals surface area contributed by atoms with Crippen molar-refractivity contribution in [2.24, 2.45) is 0 Å². The van der Waals surface area contributed by atoms with Crippen molar-refractivity contribution in [2.75, 3.05) is 39.5 Å². The van der Waals surface area contributed by atoms with Gasteiger partial charge in [-0.2, -0.15) is 11.8 Å². The van der Waals surface area contributed by atoms with E-state index in [9.17, 15) is 4.79 Å². The van der Waals surface area contributed by atoms with Crippen LogP contribution >= 0.6 is 11.8 Å². The van der Waals surface area contributed by atoms with E-state index in [2.05, 4.69) is 17.1 Å². The van der Waals surface area contributed by atoms with E-state index < -0.39 is 5.54 Å². The summed E-state index contributed by atoms with van der Waals surface area (Å²) in [6, 6.07) is 0. The number of rotatable bonds is 6. The number of ether oxygens (including phenoxy) is 1. The molecule has 0 aliphatic carbocycles. The van der Waals surface area contributed by atoms with Gasteiger partial charge in [-0.05, 0) is 27.4 Å². The van der Waals surface area contributed by atoms with E-state index in [0.717, 1.165) is 25.3 Å². The number of nitrogens with one attached hydrogen (secondary N) is 1. The van der Waals surface area contributed by atoms with Gasteiger partial charge in [-0.3, -0.25) is 10.1 Å². The Morgan fingerprint density at radius 2 is 2.29 bits per heavy atom. The predicted octanol–water partition coefficient (Wildman–Crippen LogP) is 0.965. The average Bonchev–Trinajstić information content (AvgIpc) is 2.61. The highest BCUT2D eigenvalue weighted by molar-refractivity contribution is 8.00. The quantitative estimate of drug-likeness (QED) is 0.721. The standard InChI is InChI=1S/C12H24N2O2S/c1-5-16-11(15)12(8-10(2)17-9-12)13-6-7-14(3)4/h10,13H,5-9H2,1-4H3. The maximum absolute atomic E-state index is 12.1. The van der Waals surface area contributed by atoms with E-state index in [-0.39, 0.29) is 5.97 Å². The summed E-state index contributed by atoms with van der Waals surface area (Å²) in [4.78, 5) is 14.2. The first kappa shape index (κ1) is 14.8. The molecule has 1 heterocycles. The number of esters is 1. The molecule has 1 fully saturated rings. The third-order valence-corrected chi connectivity index (χ3v) is 4.33. The minimum atomic E-state index is -0.462. The second-order valence-electron chi connectivity index (χ2n) is 4.86. The van der Waals surface area contributed by atoms with E-state index in [1.54, 1.807) is 0 Å². The highest BCUT2D eigenvalue weighted by atomic mass is 32.2. The van der Waals surface area contributed by atoms with Gasteiger partial charge in [0.2, 0.25) is 0 Å². The summed E-state index contributed by atoms with van der Waals surface area (Å²) in [7, 11) is 4.06. The van der Waals surface area contributed by atoms with Crippen molar-refractivity contribution in [3.05, 3.63) is 0 Å². The molecule has 0 radical (unpaired) electrons. The summed E-state index contributed by atoms with van der Waals surface area (Å²) in [5.74, 6) is 0.732. The van der Waals surface area contributed by atoms with Crippen LogP contribution < -0.4 is 5.32 Å². The Balaban J connectivity index is 2.57. The average molecular weight is 260 g/mol. The zero-order valence-corrected chi connectivity index (χ0v) is 12.1. The maximum atomic E-state index is 12.1. The van der Waals surface area contributed by atoms with Gasteiger partial charge in [0.15, 0.2) is 0 Å². The molecule has 0 amide bonds. The molecule has 0 aromatic rings. The Hall–Kier alpha value is -0.260. The lowest BCUT2D eigenvalue weighted by molar-refractivity contribution is -0.150. The fourth-order valence-electron chi connectivity index (χ4n) is 2.02. The SMILES string of the molecule is CCOC(=O)C1(NCCN(C)C)CSC(C)C1. The number of hydrogen-bond acceptors (Lipinski definition) is 5. The molecule has 1 aliphatic rings. The largest absolute Gasteiger partial charge is 0.465 e. The first-order valence-corrected chi connectivity index (χ1v) is 7.23. The molecule has 0 spiro atoms. The van der Waals surface area contributed by atoms with E-state index in [1.807, 2.05) is 32.8 Å². The van der Waals surface area contributed by atoms with Crippen LogP contribution in [0.3, 0.4) is 0 Å². The molecule has 0 saturated carbocycles. The monoisotopic (exact) mass is 260 g/mol. The minimum absolute atomic E-state index is 0.0874. The minimum Gasteiger partial charge on any atom is -0.465 e. The van der Waals surface area contributed by atoms with E-state index in [1.165, 1.54) is 0 Å². The van der Waals surface area contributed by atoms with Crippen LogP contribution in [0.2, 0.25) is 0 Å². The third-order valence-electron chi connectivity index (χ3n) is 2.94. The first-order chi connectivity index (χ1) is 8.00. The molecule has 1 aliphatic heterocycles. The van der Waals surface area contributed by atoms with Gasteiger partial charge in [0.25, 0.3) is 0 Å². The maximum Gasteiger partial charge on any atom is 0.327 e. The van der Waals surface area contributed by atoms with Crippen molar-refractivity contribution in [2.45, 2.75) is 31.1 Å². The molecule has 0 bridgehead atoms. The predicted molar refractivity (Wildman–Crippen MR) is 72.5 cm³/mol. The van der Waals surface area contributed by atoms with Crippen molar-refractivity contribution in [1.82, 2.24) is 10.2 Å². The van der Waals surface area contributed by atoms with E-state index in [4.69, 9.17) is 4.74 Å². The molecule has 1 saturated heterocycles. The van der Waals surface area contributed by atoms with Crippen molar-refractivity contribution >= 4 is 17.7 Å². The summed E-state index contributed by atoms with van der Waals surface area (Å²) in [6.07, 6.45) is 0.865. The van der Waals surface area contributed by atoms with Gasteiger partial charge in [0, 0.05) is 24.1 Å². The number of likely N-dealkylation sites (N-methyl/N-ethyl adjacent to an activating group) is 1. The van der Waals surface area contributed by atoms with Crippen LogP contribution in [-0.2, 0) is 9.53 Å². The van der Waals surface area contributed by atoms with Crippen molar-refractivity contribution in [3.63, 3.8) is 0 Å². The van der Waals surface area contributed by atoms with Gasteiger partial charge in [-0.15, -0.1) is 0 Å². The second kappa shape index (κ2) is 6.61. The molecule has 1 N–H and O–H groups in total. The van der Waals surface area contributed by atoms with Gasteiger partial charge in [0.1, 0.15) is 5.54 Å². The number of carbonyl (C=O) groups is 1. The normalized spacial score (nSPS) is 28.6. The number of hydrogen-bond donors (Lipinski definition) is 1. The Labute approximate surface area is 108 Å². The Kier molecular flexibility index (Phi) is 5.76. The number of thioether (sulfide) groups is 1. The molecule has 2 atom stereocenters. The molecule has 0 aromatic heterocycles. The summed E-state index contributed by atoms with van der Waals surface area (Å²) in [5.41, 5.74) is -0.462. The molecule has 4 nitrogen and oxygen atoms in total. The third kappa shape index (κ3) is 4.16. The molecule has 1 rings (SSSR count). The van der Waals surface area contributed by atoms with Crippen LogP contribution in [0.15, 0.2) is 0 Å². The molecule has 2 unspecified atom stereocenters. The highest BCUT2D eigenvalue weighted by Gasteiger charge is 2.45. The van der Waals surface area contributed by atoms with Gasteiger partial charge < -0.3 is 9.64 Å². The van der Waals surface area contributed by atoms with Crippen LogP contribution in [0.4, 0.5) is 0 Å². The Morgan fingerprint density at radius 3 is 2.76 bits per heavy atom. The van der Waals surface area contributed by atoms with Gasteiger partial charge in [0.05, 0.1) is 6.61 Å². The van der Waals surface area contributed by atoms with Gasteiger partial charge in [-0.1, -0.05) is 6.92 Å². The molecular weight excluding hydrogens is 236 g/mol. The fraction of sp³-hybridized carbons (Fsp3) is 0.917. The smallest absolute Gasteiger partial charge is 0.327 e. The topological polar surface area (TPSA) is 41.6 Å². The van der Waals surface area contributed by atoms with Crippen molar-refractivity contribution < 1.29 is 9.53 Å². The molecule has 100 valence electrons. The molecule has 17 heavy (non-hydrogen) atoms. The van der Waals surface area contributed by atoms with Crippen LogP contribution in [0.1, 0.15) is 20.3 Å². The lowest BCUT2D eigenvalue weighted by Gasteiger charge is -2.28. The first-order valence-electron chi connectivity index (χ1n) is 6.19. The molecular formula is C12H24N2O2S. The summed E-state index contributed by atoms with van der Waals surface area (Å²) < 4.78 is 5.21. The zero-order valence-electron chi connectivity index (χ0n) is 11.3.